The Morgan fingerprint density at radius 3 is 2.48 bits per heavy atom. The maximum absolute atomic E-state index is 12.3. The van der Waals surface area contributed by atoms with Gasteiger partial charge in [-0.2, -0.15) is 0 Å². The molecular weight excluding hydrogens is 370 g/mol. The van der Waals surface area contributed by atoms with Crippen LogP contribution in [0, 0.1) is 0 Å². The normalized spacial score (nSPS) is 16.2. The van der Waals surface area contributed by atoms with Crippen LogP contribution in [0.1, 0.15) is 6.42 Å². The highest BCUT2D eigenvalue weighted by molar-refractivity contribution is 6.30. The van der Waals surface area contributed by atoms with Crippen molar-refractivity contribution >= 4 is 34.9 Å². The Morgan fingerprint density at radius 2 is 1.81 bits per heavy atom. The minimum atomic E-state index is -0.391. The van der Waals surface area contributed by atoms with Gasteiger partial charge in [0.2, 0.25) is 5.91 Å². The maximum atomic E-state index is 12.3. The Balaban J connectivity index is 1.60. The van der Waals surface area contributed by atoms with Crippen molar-refractivity contribution < 1.29 is 19.1 Å². The first kappa shape index (κ1) is 18.8. The van der Waals surface area contributed by atoms with Crippen LogP contribution in [0.3, 0.4) is 0 Å². The molecule has 0 radical (unpaired) electrons. The van der Waals surface area contributed by atoms with Crippen molar-refractivity contribution in [1.29, 1.82) is 0 Å². The van der Waals surface area contributed by atoms with E-state index in [1.54, 1.807) is 54.5 Å². The van der Waals surface area contributed by atoms with E-state index in [-0.39, 0.29) is 18.4 Å². The SMILES string of the molecule is COc1ccc(NC(=O)N[C@@H]2CC(=O)N(c3ccc(Cl)cc3)C2)cc1OC. The number of anilines is 2. The molecule has 0 aromatic heterocycles. The molecule has 142 valence electrons. The van der Waals surface area contributed by atoms with Crippen LogP contribution >= 0.6 is 11.6 Å². The highest BCUT2D eigenvalue weighted by atomic mass is 35.5. The molecule has 0 saturated carbocycles. The fourth-order valence-corrected chi connectivity index (χ4v) is 3.07. The first-order valence-electron chi connectivity index (χ1n) is 8.35. The second-order valence-electron chi connectivity index (χ2n) is 6.05. The van der Waals surface area contributed by atoms with Crippen molar-refractivity contribution in [1.82, 2.24) is 5.32 Å². The molecule has 0 unspecified atom stereocenters. The van der Waals surface area contributed by atoms with Gasteiger partial charge in [-0.15, -0.1) is 0 Å². The third-order valence-corrected chi connectivity index (χ3v) is 4.49. The van der Waals surface area contributed by atoms with Gasteiger partial charge in [0, 0.05) is 35.4 Å². The molecule has 0 spiro atoms. The highest BCUT2D eigenvalue weighted by Crippen LogP contribution is 2.29. The van der Waals surface area contributed by atoms with E-state index in [0.29, 0.717) is 28.8 Å². The lowest BCUT2D eigenvalue weighted by atomic mass is 10.2. The van der Waals surface area contributed by atoms with E-state index >= 15 is 0 Å². The number of rotatable bonds is 5. The van der Waals surface area contributed by atoms with Gasteiger partial charge in [-0.25, -0.2) is 4.79 Å². The molecule has 8 heteroatoms. The molecule has 3 amide bonds. The zero-order chi connectivity index (χ0) is 19.4. The average Bonchev–Trinajstić information content (AvgIpc) is 3.02. The van der Waals surface area contributed by atoms with E-state index in [9.17, 15) is 9.59 Å². The number of halogens is 1. The van der Waals surface area contributed by atoms with Crippen molar-refractivity contribution in [2.75, 3.05) is 31.0 Å². The topological polar surface area (TPSA) is 79.9 Å². The zero-order valence-corrected chi connectivity index (χ0v) is 15.7. The molecular formula is C19H20ClN3O4. The lowest BCUT2D eigenvalue weighted by Crippen LogP contribution is -2.39. The van der Waals surface area contributed by atoms with E-state index in [2.05, 4.69) is 10.6 Å². The van der Waals surface area contributed by atoms with E-state index in [1.165, 1.54) is 7.11 Å². The summed E-state index contributed by atoms with van der Waals surface area (Å²) in [5.41, 5.74) is 1.32. The summed E-state index contributed by atoms with van der Waals surface area (Å²) in [6.07, 6.45) is 0.238. The van der Waals surface area contributed by atoms with Gasteiger partial charge in [0.1, 0.15) is 0 Å². The fourth-order valence-electron chi connectivity index (χ4n) is 2.94. The Labute approximate surface area is 162 Å². The first-order chi connectivity index (χ1) is 13.0. The van der Waals surface area contributed by atoms with Gasteiger partial charge in [-0.1, -0.05) is 11.6 Å². The summed E-state index contributed by atoms with van der Waals surface area (Å²) < 4.78 is 10.4. The number of hydrogen-bond donors (Lipinski definition) is 2. The van der Waals surface area contributed by atoms with Crippen molar-refractivity contribution in [3.63, 3.8) is 0 Å². The quantitative estimate of drug-likeness (QED) is 0.822. The van der Waals surface area contributed by atoms with Crippen LogP contribution in [0.2, 0.25) is 5.02 Å². The Kier molecular flexibility index (Phi) is 5.71. The minimum absolute atomic E-state index is 0.0475. The predicted octanol–water partition coefficient (Wildman–Crippen LogP) is 3.28. The number of amides is 3. The number of methoxy groups -OCH3 is 2. The highest BCUT2D eigenvalue weighted by Gasteiger charge is 2.31. The van der Waals surface area contributed by atoms with Gasteiger partial charge >= 0.3 is 6.03 Å². The molecule has 7 nitrogen and oxygen atoms in total. The van der Waals surface area contributed by atoms with E-state index in [4.69, 9.17) is 21.1 Å². The molecule has 1 aliphatic rings. The molecule has 0 bridgehead atoms. The molecule has 0 aliphatic carbocycles. The summed E-state index contributed by atoms with van der Waals surface area (Å²) >= 11 is 5.88. The summed E-state index contributed by atoms with van der Waals surface area (Å²) in [4.78, 5) is 26.2. The number of carbonyl (C=O) groups excluding carboxylic acids is 2. The molecule has 1 aliphatic heterocycles. The van der Waals surface area contributed by atoms with Gasteiger partial charge in [0.25, 0.3) is 0 Å². The number of ether oxygens (including phenoxy) is 2. The first-order valence-corrected chi connectivity index (χ1v) is 8.73. The molecule has 3 rings (SSSR count). The second kappa shape index (κ2) is 8.18. The molecule has 1 heterocycles. The molecule has 2 aromatic rings. The van der Waals surface area contributed by atoms with E-state index in [1.807, 2.05) is 0 Å². The van der Waals surface area contributed by atoms with Gasteiger partial charge in [0.05, 0.1) is 20.3 Å². The number of nitrogens with zero attached hydrogens (tertiary/aromatic N) is 1. The number of hydrogen-bond acceptors (Lipinski definition) is 4. The van der Waals surface area contributed by atoms with Crippen molar-refractivity contribution in [3.05, 3.63) is 47.5 Å². The Morgan fingerprint density at radius 1 is 1.11 bits per heavy atom. The van der Waals surface area contributed by atoms with Gasteiger partial charge in [-0.3, -0.25) is 4.79 Å². The number of urea groups is 1. The van der Waals surface area contributed by atoms with Crippen LogP contribution in [-0.2, 0) is 4.79 Å². The third-order valence-electron chi connectivity index (χ3n) is 4.24. The average molecular weight is 390 g/mol. The predicted molar refractivity (Wildman–Crippen MR) is 104 cm³/mol. The molecule has 1 fully saturated rings. The van der Waals surface area contributed by atoms with Crippen LogP contribution in [0.4, 0.5) is 16.2 Å². The van der Waals surface area contributed by atoms with Crippen LogP contribution in [-0.4, -0.2) is 38.7 Å². The van der Waals surface area contributed by atoms with Crippen molar-refractivity contribution in [2.45, 2.75) is 12.5 Å². The summed E-state index contributed by atoms with van der Waals surface area (Å²) in [6.45, 7) is 0.403. The molecule has 1 atom stereocenters. The summed E-state index contributed by atoms with van der Waals surface area (Å²) in [7, 11) is 3.07. The lowest BCUT2D eigenvalue weighted by Gasteiger charge is -2.17. The number of carbonyl (C=O) groups is 2. The van der Waals surface area contributed by atoms with Gasteiger partial charge < -0.3 is 25.0 Å². The minimum Gasteiger partial charge on any atom is -0.493 e. The number of nitrogens with one attached hydrogen (secondary N) is 2. The van der Waals surface area contributed by atoms with Gasteiger partial charge in [0.15, 0.2) is 11.5 Å². The monoisotopic (exact) mass is 389 g/mol. The molecule has 2 aromatic carbocycles. The largest absolute Gasteiger partial charge is 0.493 e. The summed E-state index contributed by atoms with van der Waals surface area (Å²) in [5.74, 6) is 1.04. The second-order valence-corrected chi connectivity index (χ2v) is 6.49. The Hall–Kier alpha value is -2.93. The standard InChI is InChI=1S/C19H20ClN3O4/c1-26-16-8-5-13(9-17(16)27-2)21-19(25)22-14-10-18(24)23(11-14)15-6-3-12(20)4-7-15/h3-9,14H,10-11H2,1-2H3,(H2,21,22,25)/t14-/m1/s1. The maximum Gasteiger partial charge on any atom is 0.319 e. The summed E-state index contributed by atoms with van der Waals surface area (Å²) in [6, 6.07) is 11.4. The summed E-state index contributed by atoms with van der Waals surface area (Å²) in [5, 5.41) is 6.17. The fraction of sp³-hybridized carbons (Fsp3) is 0.263. The van der Waals surface area contributed by atoms with Crippen LogP contribution < -0.4 is 25.0 Å². The van der Waals surface area contributed by atoms with Crippen molar-refractivity contribution in [3.8, 4) is 11.5 Å². The van der Waals surface area contributed by atoms with Gasteiger partial charge in [-0.05, 0) is 36.4 Å². The number of benzene rings is 2. The van der Waals surface area contributed by atoms with Crippen LogP contribution in [0.5, 0.6) is 11.5 Å². The molecule has 27 heavy (non-hydrogen) atoms. The van der Waals surface area contributed by atoms with E-state index < -0.39 is 6.03 Å². The molecule has 1 saturated heterocycles. The van der Waals surface area contributed by atoms with E-state index in [0.717, 1.165) is 5.69 Å². The lowest BCUT2D eigenvalue weighted by molar-refractivity contribution is -0.117. The van der Waals surface area contributed by atoms with Crippen molar-refractivity contribution in [2.24, 2.45) is 0 Å². The molecule has 2 N–H and O–H groups in total. The zero-order valence-electron chi connectivity index (χ0n) is 15.0. The third kappa shape index (κ3) is 4.43. The van der Waals surface area contributed by atoms with Crippen LogP contribution in [0.25, 0.3) is 0 Å². The Bertz CT molecular complexity index is 841. The smallest absolute Gasteiger partial charge is 0.319 e. The van der Waals surface area contributed by atoms with Crippen LogP contribution in [0.15, 0.2) is 42.5 Å².